The molecule has 1 aromatic carbocycles. The maximum Gasteiger partial charge on any atom is 0.0398 e. The Morgan fingerprint density at radius 3 is 3.05 bits per heavy atom. The Morgan fingerprint density at radius 1 is 1.30 bits per heavy atom. The van der Waals surface area contributed by atoms with Gasteiger partial charge in [-0.3, -0.25) is 0 Å². The Kier molecular flexibility index (Phi) is 4.62. The molecule has 0 radical (unpaired) electrons. The molecule has 2 nitrogen and oxygen atoms in total. The van der Waals surface area contributed by atoms with E-state index in [9.17, 15) is 0 Å². The number of anilines is 1. The SMILES string of the molecule is CC(CCN1CCCc2ccccc21)C1CCCNC1. The molecule has 1 N–H and O–H groups in total. The third kappa shape index (κ3) is 3.17. The molecule has 0 bridgehead atoms. The summed E-state index contributed by atoms with van der Waals surface area (Å²) in [5.74, 6) is 1.74. The van der Waals surface area contributed by atoms with Crippen molar-refractivity contribution in [2.75, 3.05) is 31.1 Å². The summed E-state index contributed by atoms with van der Waals surface area (Å²) in [7, 11) is 0. The van der Waals surface area contributed by atoms with Crippen LogP contribution in [-0.4, -0.2) is 26.2 Å². The van der Waals surface area contributed by atoms with Gasteiger partial charge in [0.2, 0.25) is 0 Å². The van der Waals surface area contributed by atoms with Crippen molar-refractivity contribution >= 4 is 5.69 Å². The molecule has 2 heteroatoms. The van der Waals surface area contributed by atoms with Crippen molar-refractivity contribution in [3.63, 3.8) is 0 Å². The summed E-state index contributed by atoms with van der Waals surface area (Å²) in [5.41, 5.74) is 3.04. The van der Waals surface area contributed by atoms with E-state index in [-0.39, 0.29) is 0 Å². The largest absolute Gasteiger partial charge is 0.371 e. The fraction of sp³-hybridized carbons (Fsp3) is 0.667. The quantitative estimate of drug-likeness (QED) is 0.903. The van der Waals surface area contributed by atoms with Crippen molar-refractivity contribution in [3.8, 4) is 0 Å². The van der Waals surface area contributed by atoms with Gasteiger partial charge in [0, 0.05) is 18.8 Å². The minimum atomic E-state index is 0.844. The zero-order valence-electron chi connectivity index (χ0n) is 12.8. The van der Waals surface area contributed by atoms with Crippen LogP contribution < -0.4 is 10.2 Å². The van der Waals surface area contributed by atoms with Crippen LogP contribution in [0.3, 0.4) is 0 Å². The molecule has 3 rings (SSSR count). The Morgan fingerprint density at radius 2 is 2.20 bits per heavy atom. The van der Waals surface area contributed by atoms with Crippen LogP contribution >= 0.6 is 0 Å². The summed E-state index contributed by atoms with van der Waals surface area (Å²) in [4.78, 5) is 2.62. The number of rotatable bonds is 4. The standard InChI is InChI=1S/C18H28N2/c1-15(17-7-4-11-19-14-17)10-13-20-12-5-8-16-6-2-3-9-18(16)20/h2-3,6,9,15,17,19H,4-5,7-8,10-14H2,1H3. The van der Waals surface area contributed by atoms with Crippen LogP contribution in [0.25, 0.3) is 0 Å². The molecule has 2 unspecified atom stereocenters. The minimum Gasteiger partial charge on any atom is -0.371 e. The van der Waals surface area contributed by atoms with E-state index in [1.807, 2.05) is 0 Å². The lowest BCUT2D eigenvalue weighted by Gasteiger charge is -2.34. The highest BCUT2D eigenvalue weighted by atomic mass is 15.1. The number of fused-ring (bicyclic) bond motifs is 1. The fourth-order valence-electron chi connectivity index (χ4n) is 3.80. The second kappa shape index (κ2) is 6.62. The molecule has 2 aliphatic rings. The number of benzene rings is 1. The molecule has 20 heavy (non-hydrogen) atoms. The van der Waals surface area contributed by atoms with E-state index < -0.39 is 0 Å². The summed E-state index contributed by atoms with van der Waals surface area (Å²) in [6.45, 7) is 7.38. The number of hydrogen-bond acceptors (Lipinski definition) is 2. The number of nitrogens with zero attached hydrogens (tertiary/aromatic N) is 1. The maximum atomic E-state index is 3.56. The minimum absolute atomic E-state index is 0.844. The predicted octanol–water partition coefficient (Wildman–Crippen LogP) is 3.47. The molecule has 0 saturated carbocycles. The van der Waals surface area contributed by atoms with Gasteiger partial charge in [-0.1, -0.05) is 25.1 Å². The number of piperidine rings is 1. The third-order valence-electron chi connectivity index (χ3n) is 5.20. The third-order valence-corrected chi connectivity index (χ3v) is 5.20. The number of aryl methyl sites for hydroxylation is 1. The summed E-state index contributed by atoms with van der Waals surface area (Å²) < 4.78 is 0. The predicted molar refractivity (Wildman–Crippen MR) is 86.4 cm³/mol. The molecule has 2 atom stereocenters. The lowest BCUT2D eigenvalue weighted by molar-refractivity contribution is 0.269. The molecule has 110 valence electrons. The van der Waals surface area contributed by atoms with Crippen LogP contribution in [0.4, 0.5) is 5.69 Å². The van der Waals surface area contributed by atoms with Gasteiger partial charge in [-0.05, 0) is 68.7 Å². The van der Waals surface area contributed by atoms with E-state index in [0.717, 1.165) is 11.8 Å². The van der Waals surface area contributed by atoms with Crippen LogP contribution in [0.5, 0.6) is 0 Å². The van der Waals surface area contributed by atoms with Crippen molar-refractivity contribution in [1.29, 1.82) is 0 Å². The van der Waals surface area contributed by atoms with Gasteiger partial charge in [-0.25, -0.2) is 0 Å². The van der Waals surface area contributed by atoms with Gasteiger partial charge in [0.05, 0.1) is 0 Å². The second-order valence-electron chi connectivity index (χ2n) is 6.59. The number of hydrogen-bond donors (Lipinski definition) is 1. The van der Waals surface area contributed by atoms with Crippen LogP contribution in [0, 0.1) is 11.8 Å². The molecule has 0 aromatic heterocycles. The Balaban J connectivity index is 1.56. The lowest BCUT2D eigenvalue weighted by Crippen LogP contribution is -2.36. The Bertz CT molecular complexity index is 423. The number of nitrogens with one attached hydrogen (secondary N) is 1. The summed E-state index contributed by atoms with van der Waals surface area (Å²) >= 11 is 0. The van der Waals surface area contributed by atoms with E-state index in [1.54, 1.807) is 5.56 Å². The summed E-state index contributed by atoms with van der Waals surface area (Å²) in [6, 6.07) is 8.97. The van der Waals surface area contributed by atoms with Gasteiger partial charge < -0.3 is 10.2 Å². The Labute approximate surface area is 123 Å². The molecule has 1 fully saturated rings. The van der Waals surface area contributed by atoms with Gasteiger partial charge in [-0.2, -0.15) is 0 Å². The highest BCUT2D eigenvalue weighted by Gasteiger charge is 2.22. The van der Waals surface area contributed by atoms with E-state index in [4.69, 9.17) is 0 Å². The summed E-state index contributed by atoms with van der Waals surface area (Å²) in [5, 5.41) is 3.56. The van der Waals surface area contributed by atoms with Gasteiger partial charge in [0.25, 0.3) is 0 Å². The first-order chi connectivity index (χ1) is 9.84. The molecule has 0 spiro atoms. The smallest absolute Gasteiger partial charge is 0.0398 e. The topological polar surface area (TPSA) is 15.3 Å². The maximum absolute atomic E-state index is 3.56. The molecule has 2 aliphatic heterocycles. The highest BCUT2D eigenvalue weighted by Crippen LogP contribution is 2.28. The molecule has 0 aliphatic carbocycles. The van der Waals surface area contributed by atoms with Crippen LogP contribution in [0.15, 0.2) is 24.3 Å². The first-order valence-electron chi connectivity index (χ1n) is 8.38. The van der Waals surface area contributed by atoms with E-state index >= 15 is 0 Å². The monoisotopic (exact) mass is 272 g/mol. The molecule has 1 saturated heterocycles. The normalized spacial score (nSPS) is 24.2. The zero-order valence-corrected chi connectivity index (χ0v) is 12.8. The van der Waals surface area contributed by atoms with Crippen molar-refractivity contribution in [3.05, 3.63) is 29.8 Å². The van der Waals surface area contributed by atoms with Crippen molar-refractivity contribution in [1.82, 2.24) is 5.32 Å². The van der Waals surface area contributed by atoms with Crippen LogP contribution in [0.2, 0.25) is 0 Å². The average molecular weight is 272 g/mol. The molecule has 2 heterocycles. The molecule has 1 aromatic rings. The second-order valence-corrected chi connectivity index (χ2v) is 6.59. The first kappa shape index (κ1) is 13.9. The first-order valence-corrected chi connectivity index (χ1v) is 8.38. The van der Waals surface area contributed by atoms with E-state index in [1.165, 1.54) is 64.0 Å². The van der Waals surface area contributed by atoms with Crippen LogP contribution in [0.1, 0.15) is 38.2 Å². The Hall–Kier alpha value is -1.02. The molecule has 0 amide bonds. The van der Waals surface area contributed by atoms with Gasteiger partial charge >= 0.3 is 0 Å². The van der Waals surface area contributed by atoms with Crippen molar-refractivity contribution < 1.29 is 0 Å². The van der Waals surface area contributed by atoms with E-state index in [0.29, 0.717) is 0 Å². The van der Waals surface area contributed by atoms with Gasteiger partial charge in [0.15, 0.2) is 0 Å². The number of para-hydroxylation sites is 1. The zero-order chi connectivity index (χ0) is 13.8. The summed E-state index contributed by atoms with van der Waals surface area (Å²) in [6.07, 6.45) is 6.69. The van der Waals surface area contributed by atoms with Gasteiger partial charge in [-0.15, -0.1) is 0 Å². The van der Waals surface area contributed by atoms with Crippen LogP contribution in [-0.2, 0) is 6.42 Å². The van der Waals surface area contributed by atoms with E-state index in [2.05, 4.69) is 41.4 Å². The lowest BCUT2D eigenvalue weighted by atomic mass is 9.85. The van der Waals surface area contributed by atoms with Crippen molar-refractivity contribution in [2.24, 2.45) is 11.8 Å². The highest BCUT2D eigenvalue weighted by molar-refractivity contribution is 5.55. The average Bonchev–Trinajstić information content (AvgIpc) is 2.53. The molecular formula is C18H28N2. The molecular weight excluding hydrogens is 244 g/mol. The van der Waals surface area contributed by atoms with Crippen molar-refractivity contribution in [2.45, 2.75) is 39.0 Å². The fourth-order valence-corrected chi connectivity index (χ4v) is 3.80. The van der Waals surface area contributed by atoms with Gasteiger partial charge in [0.1, 0.15) is 0 Å².